The average molecular weight is 170 g/mol. The van der Waals surface area contributed by atoms with Gasteiger partial charge in [-0.3, -0.25) is 0 Å². The zero-order chi connectivity index (χ0) is 8.24. The van der Waals surface area contributed by atoms with Crippen LogP contribution in [0, 0.1) is 0 Å². The van der Waals surface area contributed by atoms with Gasteiger partial charge in [0.1, 0.15) is 0 Å². The molecule has 0 saturated carbocycles. The summed E-state index contributed by atoms with van der Waals surface area (Å²) in [7, 11) is 6.70. The van der Waals surface area contributed by atoms with E-state index in [1.807, 2.05) is 0 Å². The van der Waals surface area contributed by atoms with Crippen LogP contribution < -0.4 is 0 Å². The van der Waals surface area contributed by atoms with E-state index in [1.54, 1.807) is 0 Å². The molecular formula is C8H18Si2. The van der Waals surface area contributed by atoms with Crippen molar-refractivity contribution in [3.05, 3.63) is 0 Å². The van der Waals surface area contributed by atoms with Crippen molar-refractivity contribution in [3.63, 3.8) is 0 Å². The Kier molecular flexibility index (Phi) is 21.2. The first kappa shape index (κ1) is 13.1. The van der Waals surface area contributed by atoms with Crippen molar-refractivity contribution >= 4 is 20.5 Å². The van der Waals surface area contributed by atoms with Crippen LogP contribution in [0.15, 0.2) is 0 Å². The summed E-state index contributed by atoms with van der Waals surface area (Å²) in [6.45, 7) is 4.36. The van der Waals surface area contributed by atoms with Crippen LogP contribution in [0.1, 0.15) is 39.5 Å². The van der Waals surface area contributed by atoms with E-state index in [0.717, 1.165) is 12.1 Å². The van der Waals surface area contributed by atoms with Gasteiger partial charge in [-0.25, -0.2) is 0 Å². The van der Waals surface area contributed by atoms with Crippen LogP contribution in [0.2, 0.25) is 12.1 Å². The van der Waals surface area contributed by atoms with E-state index in [9.17, 15) is 0 Å². The van der Waals surface area contributed by atoms with E-state index >= 15 is 0 Å². The fraction of sp³-hybridized carbons (Fsp3) is 1.00. The second-order valence-corrected chi connectivity index (χ2v) is 3.21. The van der Waals surface area contributed by atoms with Gasteiger partial charge in [-0.1, -0.05) is 51.6 Å². The van der Waals surface area contributed by atoms with Crippen LogP contribution in [0.3, 0.4) is 0 Å². The van der Waals surface area contributed by atoms with E-state index in [1.165, 1.54) is 25.7 Å². The van der Waals surface area contributed by atoms with Gasteiger partial charge >= 0.3 is 0 Å². The fourth-order valence-electron chi connectivity index (χ4n) is 0.354. The average Bonchev–Trinajstić information content (AvgIpc) is 1.93. The smallest absolute Gasteiger partial charge is 0.0222 e. The minimum atomic E-state index is 1.15. The molecule has 0 atom stereocenters. The molecule has 0 aliphatic carbocycles. The summed E-state index contributed by atoms with van der Waals surface area (Å²) in [5, 5.41) is 0. The number of unbranched alkanes of at least 4 members (excludes halogenated alkanes) is 2. The first-order valence-electron chi connectivity index (χ1n) is 4.12. The highest BCUT2D eigenvalue weighted by molar-refractivity contribution is 6.08. The molecular weight excluding hydrogens is 152 g/mol. The maximum Gasteiger partial charge on any atom is 0.0222 e. The summed E-state index contributed by atoms with van der Waals surface area (Å²) >= 11 is 0. The lowest BCUT2D eigenvalue weighted by molar-refractivity contribution is 0.884. The van der Waals surface area contributed by atoms with Crippen molar-refractivity contribution < 1.29 is 0 Å². The van der Waals surface area contributed by atoms with Crippen LogP contribution in [0.4, 0.5) is 0 Å². The van der Waals surface area contributed by atoms with E-state index in [0.29, 0.717) is 0 Å². The monoisotopic (exact) mass is 170 g/mol. The van der Waals surface area contributed by atoms with E-state index in [2.05, 4.69) is 34.3 Å². The molecule has 0 aromatic rings. The van der Waals surface area contributed by atoms with Gasteiger partial charge in [0.15, 0.2) is 0 Å². The van der Waals surface area contributed by atoms with Crippen LogP contribution in [-0.4, -0.2) is 20.5 Å². The van der Waals surface area contributed by atoms with Gasteiger partial charge in [0.05, 0.1) is 0 Å². The number of hydrogen-bond donors (Lipinski definition) is 0. The molecule has 0 fully saturated rings. The van der Waals surface area contributed by atoms with Crippen molar-refractivity contribution in [1.82, 2.24) is 0 Å². The minimum absolute atomic E-state index is 1.15. The molecule has 6 radical (unpaired) electrons. The second kappa shape index (κ2) is 16.2. The van der Waals surface area contributed by atoms with Crippen LogP contribution >= 0.6 is 0 Å². The summed E-state index contributed by atoms with van der Waals surface area (Å²) in [5.74, 6) is 0. The minimum Gasteiger partial charge on any atom is -0.0654 e. The first-order valence-corrected chi connectivity index (χ1v) is 5.54. The number of hydrogen-bond acceptors (Lipinski definition) is 0. The fourth-order valence-corrected chi connectivity index (χ4v) is 1.06. The molecule has 0 unspecified atom stereocenters. The molecule has 0 N–H and O–H groups in total. The SMILES string of the molecule is CCCC[Si].CCCC[Si]. The Hall–Kier alpha value is 0.434. The van der Waals surface area contributed by atoms with Crippen molar-refractivity contribution in [1.29, 1.82) is 0 Å². The van der Waals surface area contributed by atoms with E-state index < -0.39 is 0 Å². The Morgan fingerprint density at radius 2 is 1.10 bits per heavy atom. The van der Waals surface area contributed by atoms with Gasteiger partial charge in [-0.2, -0.15) is 0 Å². The van der Waals surface area contributed by atoms with Crippen LogP contribution in [0.5, 0.6) is 0 Å². The number of rotatable bonds is 4. The Morgan fingerprint density at radius 1 is 0.800 bits per heavy atom. The predicted octanol–water partition coefficient (Wildman–Crippen LogP) is 2.75. The molecule has 0 aromatic carbocycles. The third-order valence-electron chi connectivity index (χ3n) is 1.06. The van der Waals surface area contributed by atoms with Crippen LogP contribution in [0.25, 0.3) is 0 Å². The molecule has 0 saturated heterocycles. The predicted molar refractivity (Wildman–Crippen MR) is 50.9 cm³/mol. The highest BCUT2D eigenvalue weighted by Crippen LogP contribution is 1.87. The van der Waals surface area contributed by atoms with Gasteiger partial charge in [-0.05, 0) is 0 Å². The van der Waals surface area contributed by atoms with Crippen molar-refractivity contribution in [3.8, 4) is 0 Å². The zero-order valence-electron chi connectivity index (χ0n) is 7.24. The summed E-state index contributed by atoms with van der Waals surface area (Å²) in [5.41, 5.74) is 0. The Balaban J connectivity index is 0. The van der Waals surface area contributed by atoms with Crippen molar-refractivity contribution in [2.45, 2.75) is 51.6 Å². The highest BCUT2D eigenvalue weighted by Gasteiger charge is 1.69. The third-order valence-corrected chi connectivity index (χ3v) is 1.77. The topological polar surface area (TPSA) is 0 Å². The lowest BCUT2D eigenvalue weighted by atomic mass is 10.4. The zero-order valence-corrected chi connectivity index (χ0v) is 9.24. The van der Waals surface area contributed by atoms with E-state index in [4.69, 9.17) is 0 Å². The van der Waals surface area contributed by atoms with Gasteiger partial charge in [0, 0.05) is 20.5 Å². The summed E-state index contributed by atoms with van der Waals surface area (Å²) in [4.78, 5) is 0. The molecule has 0 rings (SSSR count). The van der Waals surface area contributed by atoms with Gasteiger partial charge < -0.3 is 0 Å². The van der Waals surface area contributed by atoms with Crippen LogP contribution in [-0.2, 0) is 0 Å². The molecule has 0 amide bonds. The molecule has 58 valence electrons. The van der Waals surface area contributed by atoms with Gasteiger partial charge in [0.25, 0.3) is 0 Å². The quantitative estimate of drug-likeness (QED) is 0.569. The lowest BCUT2D eigenvalue weighted by Crippen LogP contribution is -1.63. The summed E-state index contributed by atoms with van der Waals surface area (Å²) in [6, 6.07) is 2.30. The summed E-state index contributed by atoms with van der Waals surface area (Å²) < 4.78 is 0. The normalized spacial score (nSPS) is 8.40. The van der Waals surface area contributed by atoms with Crippen molar-refractivity contribution in [2.75, 3.05) is 0 Å². The molecule has 10 heavy (non-hydrogen) atoms. The summed E-state index contributed by atoms with van der Waals surface area (Å²) in [6.07, 6.45) is 5.20. The molecule has 0 heterocycles. The molecule has 0 aromatic heterocycles. The van der Waals surface area contributed by atoms with Gasteiger partial charge in [0.2, 0.25) is 0 Å². The maximum absolute atomic E-state index is 3.35. The Labute approximate surface area is 72.6 Å². The van der Waals surface area contributed by atoms with E-state index in [-0.39, 0.29) is 0 Å². The Bertz CT molecular complexity index is 28.2. The van der Waals surface area contributed by atoms with Crippen molar-refractivity contribution in [2.24, 2.45) is 0 Å². The van der Waals surface area contributed by atoms with Gasteiger partial charge in [-0.15, -0.1) is 0 Å². The molecule has 0 bridgehead atoms. The highest BCUT2D eigenvalue weighted by atomic mass is 28.1. The lowest BCUT2D eigenvalue weighted by Gasteiger charge is -1.78. The standard InChI is InChI=1S/2C4H9Si/c2*1-2-3-4-5/h2*2-4H2,1H3. The molecule has 0 aliphatic rings. The molecule has 0 aliphatic heterocycles. The third kappa shape index (κ3) is 23.7. The molecule has 2 heteroatoms. The first-order chi connectivity index (χ1) is 4.83. The Morgan fingerprint density at radius 3 is 1.10 bits per heavy atom. The molecule has 0 spiro atoms. The maximum atomic E-state index is 3.35. The largest absolute Gasteiger partial charge is 0.0654 e. The second-order valence-electron chi connectivity index (χ2n) is 2.21. The molecule has 0 nitrogen and oxygen atoms in total.